The standard InChI is InChI=1S/C21H21FN4O2S2/c1-21(11-30(27,28)26(2)20(23)25-21)19-17(22)15-5-3-4-14(18(15)29-19)13-8-9-16(24-10-13)12-6-7-12/h3-5,8-10,12H,6-7,11H2,1-2H3,(H2,23,25)/t21-/m0/s1. The molecule has 30 heavy (non-hydrogen) atoms. The van der Waals surface area contributed by atoms with Gasteiger partial charge in [0.2, 0.25) is 16.0 Å². The van der Waals surface area contributed by atoms with Crippen LogP contribution in [-0.2, 0) is 15.6 Å². The van der Waals surface area contributed by atoms with Crippen LogP contribution in [0, 0.1) is 5.82 Å². The molecule has 1 fully saturated rings. The lowest BCUT2D eigenvalue weighted by atomic mass is 10.0. The predicted octanol–water partition coefficient (Wildman–Crippen LogP) is 3.78. The van der Waals surface area contributed by atoms with Gasteiger partial charge in [-0.25, -0.2) is 22.1 Å². The van der Waals surface area contributed by atoms with Crippen molar-refractivity contribution in [1.82, 2.24) is 9.29 Å². The first-order chi connectivity index (χ1) is 14.2. The fraction of sp³-hybridized carbons (Fsp3) is 0.333. The minimum absolute atomic E-state index is 0.138. The van der Waals surface area contributed by atoms with E-state index in [1.54, 1.807) is 19.1 Å². The lowest BCUT2D eigenvalue weighted by Crippen LogP contribution is -2.50. The van der Waals surface area contributed by atoms with Crippen molar-refractivity contribution in [2.24, 2.45) is 10.7 Å². The van der Waals surface area contributed by atoms with Crippen molar-refractivity contribution in [3.63, 3.8) is 0 Å². The monoisotopic (exact) mass is 444 g/mol. The van der Waals surface area contributed by atoms with Crippen LogP contribution in [0.25, 0.3) is 21.2 Å². The third-order valence-corrected chi connectivity index (χ3v) is 9.22. The quantitative estimate of drug-likeness (QED) is 0.666. The second kappa shape index (κ2) is 6.49. The van der Waals surface area contributed by atoms with Crippen LogP contribution < -0.4 is 5.73 Å². The summed E-state index contributed by atoms with van der Waals surface area (Å²) in [5.74, 6) is -0.359. The summed E-state index contributed by atoms with van der Waals surface area (Å²) in [4.78, 5) is 9.21. The van der Waals surface area contributed by atoms with Crippen LogP contribution in [0.15, 0.2) is 41.5 Å². The Bertz CT molecular complexity index is 1300. The van der Waals surface area contributed by atoms with Gasteiger partial charge in [-0.05, 0) is 25.8 Å². The Balaban J connectivity index is 1.65. The first-order valence-electron chi connectivity index (χ1n) is 9.69. The van der Waals surface area contributed by atoms with Crippen LogP contribution in [0.3, 0.4) is 0 Å². The Morgan fingerprint density at radius 2 is 2.03 bits per heavy atom. The van der Waals surface area contributed by atoms with Crippen LogP contribution >= 0.6 is 11.3 Å². The minimum Gasteiger partial charge on any atom is -0.369 e. The van der Waals surface area contributed by atoms with E-state index >= 15 is 4.39 Å². The third-order valence-electron chi connectivity index (χ3n) is 5.80. The molecule has 0 saturated heterocycles. The molecule has 1 aliphatic carbocycles. The van der Waals surface area contributed by atoms with Crippen molar-refractivity contribution in [2.45, 2.75) is 31.2 Å². The van der Waals surface area contributed by atoms with Gasteiger partial charge in [-0.1, -0.05) is 24.3 Å². The summed E-state index contributed by atoms with van der Waals surface area (Å²) in [5, 5.41) is 0.449. The number of aromatic nitrogens is 1. The Hall–Kier alpha value is -2.52. The number of benzene rings is 1. The zero-order chi connectivity index (χ0) is 21.3. The van der Waals surface area contributed by atoms with Gasteiger partial charge in [0, 0.05) is 46.1 Å². The van der Waals surface area contributed by atoms with Crippen molar-refractivity contribution >= 4 is 37.4 Å². The predicted molar refractivity (Wildman–Crippen MR) is 118 cm³/mol. The molecule has 3 heterocycles. The Labute approximate surface area is 178 Å². The van der Waals surface area contributed by atoms with Gasteiger partial charge in [0.05, 0.1) is 10.6 Å². The van der Waals surface area contributed by atoms with Crippen molar-refractivity contribution in [3.05, 3.63) is 52.9 Å². The number of nitrogens with two attached hydrogens (primary N) is 1. The van der Waals surface area contributed by atoms with Crippen LogP contribution in [0.4, 0.5) is 4.39 Å². The van der Waals surface area contributed by atoms with E-state index in [4.69, 9.17) is 5.73 Å². The van der Waals surface area contributed by atoms with Crippen molar-refractivity contribution in [2.75, 3.05) is 12.8 Å². The average Bonchev–Trinajstić information content (AvgIpc) is 3.49. The maximum absolute atomic E-state index is 15.5. The molecule has 3 aromatic rings. The number of rotatable bonds is 3. The van der Waals surface area contributed by atoms with E-state index in [9.17, 15) is 8.42 Å². The summed E-state index contributed by atoms with van der Waals surface area (Å²) in [6.07, 6.45) is 4.20. The molecule has 5 rings (SSSR count). The molecule has 1 atom stereocenters. The lowest BCUT2D eigenvalue weighted by Gasteiger charge is -2.33. The van der Waals surface area contributed by atoms with Crippen LogP contribution in [0.2, 0.25) is 0 Å². The normalized spacial score (nSPS) is 23.6. The van der Waals surface area contributed by atoms with E-state index in [1.165, 1.54) is 31.2 Å². The topological polar surface area (TPSA) is 88.7 Å². The SMILES string of the molecule is CN1C(N)=N[C@](C)(c2sc3c(-c4ccc(C5CC5)nc4)cccc3c2F)CS1(=O)=O. The highest BCUT2D eigenvalue weighted by molar-refractivity contribution is 7.89. The van der Waals surface area contributed by atoms with Gasteiger partial charge in [0.1, 0.15) is 11.4 Å². The Morgan fingerprint density at radius 3 is 2.67 bits per heavy atom. The smallest absolute Gasteiger partial charge is 0.239 e. The maximum Gasteiger partial charge on any atom is 0.239 e. The average molecular weight is 445 g/mol. The summed E-state index contributed by atoms with van der Waals surface area (Å²) in [5.41, 5.74) is 7.43. The summed E-state index contributed by atoms with van der Waals surface area (Å²) >= 11 is 1.23. The van der Waals surface area contributed by atoms with E-state index in [0.717, 1.165) is 25.8 Å². The van der Waals surface area contributed by atoms with Gasteiger partial charge < -0.3 is 5.73 Å². The summed E-state index contributed by atoms with van der Waals surface area (Å²) in [7, 11) is -2.33. The molecule has 1 saturated carbocycles. The van der Waals surface area contributed by atoms with E-state index < -0.39 is 21.4 Å². The molecule has 2 N–H and O–H groups in total. The molecule has 0 spiro atoms. The zero-order valence-electron chi connectivity index (χ0n) is 16.6. The third kappa shape index (κ3) is 2.99. The molecule has 2 aliphatic rings. The van der Waals surface area contributed by atoms with E-state index in [-0.39, 0.29) is 16.6 Å². The van der Waals surface area contributed by atoms with E-state index in [0.29, 0.717) is 11.3 Å². The second-order valence-corrected chi connectivity index (χ2v) is 11.2. The number of hydrogen-bond donors (Lipinski definition) is 1. The molecule has 0 amide bonds. The van der Waals surface area contributed by atoms with Gasteiger partial charge in [0.15, 0.2) is 0 Å². The van der Waals surface area contributed by atoms with Crippen LogP contribution in [-0.4, -0.2) is 36.5 Å². The molecule has 2 aromatic heterocycles. The highest BCUT2D eigenvalue weighted by Gasteiger charge is 2.43. The number of aliphatic imine (C=N–C) groups is 1. The maximum atomic E-state index is 15.5. The minimum atomic E-state index is -3.68. The number of sulfonamides is 1. The summed E-state index contributed by atoms with van der Waals surface area (Å²) < 4.78 is 42.2. The molecule has 0 unspecified atom stereocenters. The molecule has 1 aromatic carbocycles. The number of guanidine groups is 1. The lowest BCUT2D eigenvalue weighted by molar-refractivity contribution is 0.467. The van der Waals surface area contributed by atoms with Crippen LogP contribution in [0.1, 0.15) is 36.3 Å². The van der Waals surface area contributed by atoms with Crippen LogP contribution in [0.5, 0.6) is 0 Å². The number of halogens is 1. The Morgan fingerprint density at radius 1 is 1.27 bits per heavy atom. The molecule has 6 nitrogen and oxygen atoms in total. The first kappa shape index (κ1) is 19.4. The number of pyridine rings is 1. The number of hydrogen-bond acceptors (Lipinski definition) is 6. The van der Waals surface area contributed by atoms with Crippen molar-refractivity contribution in [1.29, 1.82) is 0 Å². The van der Waals surface area contributed by atoms with Gasteiger partial charge in [-0.15, -0.1) is 11.3 Å². The number of thiophene rings is 1. The van der Waals surface area contributed by atoms with Gasteiger partial charge in [-0.2, -0.15) is 0 Å². The fourth-order valence-corrected chi connectivity index (χ4v) is 6.75. The molecular weight excluding hydrogens is 423 g/mol. The fourth-order valence-electron chi connectivity index (χ4n) is 3.91. The zero-order valence-corrected chi connectivity index (χ0v) is 18.2. The number of nitrogens with zero attached hydrogens (tertiary/aromatic N) is 3. The van der Waals surface area contributed by atoms with E-state index in [2.05, 4.69) is 9.98 Å². The highest BCUT2D eigenvalue weighted by Crippen LogP contribution is 2.45. The molecular formula is C21H21FN4O2S2. The largest absolute Gasteiger partial charge is 0.369 e. The highest BCUT2D eigenvalue weighted by atomic mass is 32.2. The molecule has 156 valence electrons. The van der Waals surface area contributed by atoms with E-state index in [1.807, 2.05) is 24.4 Å². The van der Waals surface area contributed by atoms with Gasteiger partial charge >= 0.3 is 0 Å². The Kier molecular flexibility index (Phi) is 4.20. The summed E-state index contributed by atoms with van der Waals surface area (Å²) in [6.45, 7) is 1.61. The first-order valence-corrected chi connectivity index (χ1v) is 12.1. The molecule has 1 aliphatic heterocycles. The van der Waals surface area contributed by atoms with Crippen molar-refractivity contribution in [3.8, 4) is 11.1 Å². The second-order valence-electron chi connectivity index (χ2n) is 8.14. The molecule has 0 bridgehead atoms. The molecule has 0 radical (unpaired) electrons. The number of fused-ring (bicyclic) bond motifs is 1. The summed E-state index contributed by atoms with van der Waals surface area (Å²) in [6, 6.07) is 9.50. The van der Waals surface area contributed by atoms with Gasteiger partial charge in [-0.3, -0.25) is 4.98 Å². The van der Waals surface area contributed by atoms with Crippen molar-refractivity contribution < 1.29 is 12.8 Å². The van der Waals surface area contributed by atoms with Gasteiger partial charge in [0.25, 0.3) is 0 Å². The molecule has 9 heteroatoms.